The molecule has 2 aliphatic rings. The summed E-state index contributed by atoms with van der Waals surface area (Å²) < 4.78 is 11.0. The maximum absolute atomic E-state index is 5.65. The zero-order valence-electron chi connectivity index (χ0n) is 7.82. The molecule has 0 saturated carbocycles. The summed E-state index contributed by atoms with van der Waals surface area (Å²) in [4.78, 5) is 2.38. The Labute approximate surface area is 73.6 Å². The summed E-state index contributed by atoms with van der Waals surface area (Å²) >= 11 is 0. The summed E-state index contributed by atoms with van der Waals surface area (Å²) in [6.07, 6.45) is 2.88. The van der Waals surface area contributed by atoms with Crippen LogP contribution in [0.4, 0.5) is 0 Å². The molecular formula is C9H17NO2. The van der Waals surface area contributed by atoms with E-state index in [1.54, 1.807) is 0 Å². The molecule has 3 nitrogen and oxygen atoms in total. The molecule has 2 heterocycles. The highest BCUT2D eigenvalue weighted by molar-refractivity contribution is 4.85. The molecule has 3 heteroatoms. The van der Waals surface area contributed by atoms with Gasteiger partial charge in [0, 0.05) is 6.04 Å². The fourth-order valence-corrected chi connectivity index (χ4v) is 2.16. The monoisotopic (exact) mass is 171 g/mol. The van der Waals surface area contributed by atoms with E-state index in [9.17, 15) is 0 Å². The Balaban J connectivity index is 1.91. The van der Waals surface area contributed by atoms with Gasteiger partial charge in [-0.3, -0.25) is 0 Å². The molecule has 3 atom stereocenters. The second kappa shape index (κ2) is 3.32. The van der Waals surface area contributed by atoms with Crippen molar-refractivity contribution >= 4 is 0 Å². The van der Waals surface area contributed by atoms with Crippen LogP contribution >= 0.6 is 0 Å². The Morgan fingerprint density at radius 1 is 1.42 bits per heavy atom. The van der Waals surface area contributed by atoms with Crippen LogP contribution in [-0.2, 0) is 9.47 Å². The third kappa shape index (κ3) is 1.49. The van der Waals surface area contributed by atoms with E-state index in [1.165, 1.54) is 19.4 Å². The lowest BCUT2D eigenvalue weighted by Gasteiger charge is -2.23. The first-order valence-corrected chi connectivity index (χ1v) is 4.74. The molecule has 0 aliphatic carbocycles. The van der Waals surface area contributed by atoms with Gasteiger partial charge < -0.3 is 14.4 Å². The smallest absolute Gasteiger partial charge is 0.155 e. The number of ether oxygens (including phenoxy) is 2. The van der Waals surface area contributed by atoms with Crippen molar-refractivity contribution in [2.45, 2.75) is 38.2 Å². The van der Waals surface area contributed by atoms with Crippen LogP contribution in [0.5, 0.6) is 0 Å². The fraction of sp³-hybridized carbons (Fsp3) is 1.00. The van der Waals surface area contributed by atoms with Crippen molar-refractivity contribution in [2.75, 3.05) is 20.2 Å². The SMILES string of the molecule is CC1OCC(C2CCCN2C)O1. The lowest BCUT2D eigenvalue weighted by atomic mass is 10.1. The lowest BCUT2D eigenvalue weighted by Crippen LogP contribution is -2.37. The summed E-state index contributed by atoms with van der Waals surface area (Å²) in [7, 11) is 2.17. The molecule has 0 N–H and O–H groups in total. The molecule has 2 saturated heterocycles. The van der Waals surface area contributed by atoms with Gasteiger partial charge in [-0.2, -0.15) is 0 Å². The molecule has 2 rings (SSSR count). The molecule has 12 heavy (non-hydrogen) atoms. The normalized spacial score (nSPS) is 44.0. The molecule has 0 aromatic rings. The predicted octanol–water partition coefficient (Wildman–Crippen LogP) is 0.842. The Morgan fingerprint density at radius 2 is 2.25 bits per heavy atom. The minimum Gasteiger partial charge on any atom is -0.350 e. The first kappa shape index (κ1) is 8.48. The van der Waals surface area contributed by atoms with Crippen LogP contribution in [0, 0.1) is 0 Å². The van der Waals surface area contributed by atoms with Crippen molar-refractivity contribution in [1.82, 2.24) is 4.90 Å². The van der Waals surface area contributed by atoms with Crippen LogP contribution in [0.2, 0.25) is 0 Å². The van der Waals surface area contributed by atoms with Crippen molar-refractivity contribution in [3.63, 3.8) is 0 Å². The molecular weight excluding hydrogens is 154 g/mol. The van der Waals surface area contributed by atoms with Gasteiger partial charge in [-0.1, -0.05) is 0 Å². The molecule has 70 valence electrons. The Kier molecular flexibility index (Phi) is 2.35. The minimum absolute atomic E-state index is 0.00370. The largest absolute Gasteiger partial charge is 0.350 e. The first-order chi connectivity index (χ1) is 5.77. The summed E-state index contributed by atoms with van der Waals surface area (Å²) in [6, 6.07) is 0.593. The molecule has 0 aromatic carbocycles. The number of likely N-dealkylation sites (tertiary alicyclic amines) is 1. The van der Waals surface area contributed by atoms with Gasteiger partial charge in [0.2, 0.25) is 0 Å². The van der Waals surface area contributed by atoms with Gasteiger partial charge in [0.1, 0.15) is 0 Å². The van der Waals surface area contributed by atoms with Crippen LogP contribution in [0.3, 0.4) is 0 Å². The molecule has 0 bridgehead atoms. The third-order valence-corrected chi connectivity index (χ3v) is 2.87. The molecule has 2 aliphatic heterocycles. The van der Waals surface area contributed by atoms with Gasteiger partial charge in [-0.15, -0.1) is 0 Å². The summed E-state index contributed by atoms with van der Waals surface area (Å²) in [5.41, 5.74) is 0. The average molecular weight is 171 g/mol. The van der Waals surface area contributed by atoms with Crippen LogP contribution < -0.4 is 0 Å². The highest BCUT2D eigenvalue weighted by Gasteiger charge is 2.34. The van der Waals surface area contributed by atoms with E-state index in [-0.39, 0.29) is 6.29 Å². The van der Waals surface area contributed by atoms with Gasteiger partial charge in [0.25, 0.3) is 0 Å². The van der Waals surface area contributed by atoms with Crippen LogP contribution in [0.15, 0.2) is 0 Å². The zero-order chi connectivity index (χ0) is 8.55. The van der Waals surface area contributed by atoms with Crippen LogP contribution in [0.25, 0.3) is 0 Å². The van der Waals surface area contributed by atoms with E-state index in [0.29, 0.717) is 12.1 Å². The van der Waals surface area contributed by atoms with Gasteiger partial charge >= 0.3 is 0 Å². The second-order valence-electron chi connectivity index (χ2n) is 3.77. The third-order valence-electron chi connectivity index (χ3n) is 2.87. The molecule has 2 fully saturated rings. The molecule has 3 unspecified atom stereocenters. The highest BCUT2D eigenvalue weighted by atomic mass is 16.7. The maximum Gasteiger partial charge on any atom is 0.155 e. The Morgan fingerprint density at radius 3 is 2.75 bits per heavy atom. The summed E-state index contributed by atoms with van der Waals surface area (Å²) in [6.45, 7) is 3.95. The number of hydrogen-bond donors (Lipinski definition) is 0. The number of rotatable bonds is 1. The van der Waals surface area contributed by atoms with Crippen molar-refractivity contribution in [3.05, 3.63) is 0 Å². The van der Waals surface area contributed by atoms with Gasteiger partial charge in [0.15, 0.2) is 6.29 Å². The first-order valence-electron chi connectivity index (χ1n) is 4.74. The standard InChI is InChI=1S/C9H17NO2/c1-7-11-6-9(12-7)8-4-3-5-10(8)2/h7-9H,3-6H2,1-2H3. The number of likely N-dealkylation sites (N-methyl/N-ethyl adjacent to an activating group) is 1. The van der Waals surface area contributed by atoms with Crippen LogP contribution in [-0.4, -0.2) is 43.5 Å². The highest BCUT2D eigenvalue weighted by Crippen LogP contribution is 2.24. The van der Waals surface area contributed by atoms with E-state index in [2.05, 4.69) is 11.9 Å². The average Bonchev–Trinajstić information content (AvgIpc) is 2.58. The van der Waals surface area contributed by atoms with E-state index in [1.807, 2.05) is 6.92 Å². The van der Waals surface area contributed by atoms with Crippen molar-refractivity contribution in [3.8, 4) is 0 Å². The minimum atomic E-state index is 0.00370. The topological polar surface area (TPSA) is 21.7 Å². The number of hydrogen-bond acceptors (Lipinski definition) is 3. The van der Waals surface area contributed by atoms with E-state index in [0.717, 1.165) is 6.61 Å². The van der Waals surface area contributed by atoms with Gasteiger partial charge in [0.05, 0.1) is 12.7 Å². The summed E-state index contributed by atoms with van der Waals surface area (Å²) in [5, 5.41) is 0. The van der Waals surface area contributed by atoms with E-state index < -0.39 is 0 Å². The predicted molar refractivity (Wildman–Crippen MR) is 45.9 cm³/mol. The number of nitrogens with zero attached hydrogens (tertiary/aromatic N) is 1. The van der Waals surface area contributed by atoms with Crippen molar-refractivity contribution < 1.29 is 9.47 Å². The van der Waals surface area contributed by atoms with E-state index >= 15 is 0 Å². The van der Waals surface area contributed by atoms with Crippen molar-refractivity contribution in [1.29, 1.82) is 0 Å². The fourth-order valence-electron chi connectivity index (χ4n) is 2.16. The molecule has 0 aromatic heterocycles. The molecule has 0 radical (unpaired) electrons. The van der Waals surface area contributed by atoms with E-state index in [4.69, 9.17) is 9.47 Å². The Hall–Kier alpha value is -0.120. The molecule has 0 amide bonds. The van der Waals surface area contributed by atoms with Gasteiger partial charge in [-0.25, -0.2) is 0 Å². The van der Waals surface area contributed by atoms with Crippen molar-refractivity contribution in [2.24, 2.45) is 0 Å². The summed E-state index contributed by atoms with van der Waals surface area (Å²) in [5.74, 6) is 0. The zero-order valence-corrected chi connectivity index (χ0v) is 7.82. The Bertz CT molecular complexity index is 163. The molecule has 0 spiro atoms. The van der Waals surface area contributed by atoms with Crippen LogP contribution in [0.1, 0.15) is 19.8 Å². The lowest BCUT2D eigenvalue weighted by molar-refractivity contribution is -0.0536. The second-order valence-corrected chi connectivity index (χ2v) is 3.77. The maximum atomic E-state index is 5.65. The quantitative estimate of drug-likeness (QED) is 0.583. The van der Waals surface area contributed by atoms with Gasteiger partial charge in [-0.05, 0) is 33.4 Å².